The first-order valence-electron chi connectivity index (χ1n) is 16.4. The lowest BCUT2D eigenvalue weighted by molar-refractivity contribution is -0.141. The highest BCUT2D eigenvalue weighted by atomic mass is 16.6. The fraction of sp³-hybridized carbons (Fsp3) is 0.405. The number of anilines is 1. The molecule has 0 spiro atoms. The third-order valence-electron chi connectivity index (χ3n) is 9.40. The average Bonchev–Trinajstić information content (AvgIpc) is 3.82. The molecule has 2 aromatic heterocycles. The van der Waals surface area contributed by atoms with Crippen molar-refractivity contribution in [3.05, 3.63) is 82.4 Å². The Hall–Kier alpha value is -5.06. The van der Waals surface area contributed by atoms with Gasteiger partial charge in [-0.25, -0.2) is 4.79 Å². The van der Waals surface area contributed by atoms with E-state index in [1.807, 2.05) is 24.3 Å². The number of hydrogen-bond donors (Lipinski definition) is 1. The highest BCUT2D eigenvalue weighted by Crippen LogP contribution is 2.44. The van der Waals surface area contributed by atoms with Gasteiger partial charge in [0.15, 0.2) is 11.2 Å². The minimum Gasteiger partial charge on any atom is -0.442 e. The number of ketones is 1. The van der Waals surface area contributed by atoms with Crippen LogP contribution in [0, 0.1) is 0 Å². The molecule has 4 aromatic rings. The van der Waals surface area contributed by atoms with Crippen LogP contribution in [0.15, 0.2) is 65.8 Å². The molecule has 2 aromatic carbocycles. The number of fused-ring (bicyclic) bond motifs is 1. The Bertz CT molecular complexity index is 1980. The summed E-state index contributed by atoms with van der Waals surface area (Å²) in [4.78, 5) is 67.9. The van der Waals surface area contributed by atoms with Crippen LogP contribution in [0.4, 0.5) is 10.5 Å². The standard InChI is InChI=1S/C37H41N5O6/c1-23(43)27-21-40(5)22-28(32(27)44)24-13-15-25(16-14-24)37(17-6-7-18-37)34(46)41-19-9-12-31(41)33(45)39-29-10-8-11-30-26(29)20-38-42(30)35(47)48-36(2,3)4/h8,10-11,13-16,20-22,31H,6-7,9,12,17-19H2,1-5H3,(H,39,45)/t31-/m1/s1. The maximum Gasteiger partial charge on any atom is 0.435 e. The first-order chi connectivity index (χ1) is 22.8. The summed E-state index contributed by atoms with van der Waals surface area (Å²) >= 11 is 0. The number of benzene rings is 2. The number of Topliss-reactive ketones (excluding diaryl/α,β-unsaturated/α-hetero) is 1. The van der Waals surface area contributed by atoms with Gasteiger partial charge in [-0.1, -0.05) is 43.2 Å². The number of pyridine rings is 1. The van der Waals surface area contributed by atoms with Crippen LogP contribution in [-0.2, 0) is 26.8 Å². The smallest absolute Gasteiger partial charge is 0.435 e. The Morgan fingerprint density at radius 2 is 1.69 bits per heavy atom. The zero-order valence-electron chi connectivity index (χ0n) is 28.0. The number of carbonyl (C=O) groups excluding carboxylic acids is 4. The first kappa shape index (κ1) is 32.9. The molecule has 0 bridgehead atoms. The van der Waals surface area contributed by atoms with Crippen molar-refractivity contribution < 1.29 is 23.9 Å². The fourth-order valence-corrected chi connectivity index (χ4v) is 7.12. The minimum absolute atomic E-state index is 0.0594. The van der Waals surface area contributed by atoms with Gasteiger partial charge >= 0.3 is 6.09 Å². The molecule has 11 nitrogen and oxygen atoms in total. The number of likely N-dealkylation sites (tertiary alicyclic amines) is 1. The van der Waals surface area contributed by atoms with Crippen molar-refractivity contribution in [2.24, 2.45) is 7.05 Å². The summed E-state index contributed by atoms with van der Waals surface area (Å²) in [7, 11) is 1.77. The Kier molecular flexibility index (Phi) is 8.57. The lowest BCUT2D eigenvalue weighted by atomic mass is 9.77. The first-order valence-corrected chi connectivity index (χ1v) is 16.4. The third-order valence-corrected chi connectivity index (χ3v) is 9.40. The molecule has 2 aliphatic rings. The zero-order chi connectivity index (χ0) is 34.4. The van der Waals surface area contributed by atoms with Gasteiger partial charge in [0.2, 0.25) is 11.8 Å². The van der Waals surface area contributed by atoms with Crippen LogP contribution in [0.2, 0.25) is 0 Å². The lowest BCUT2D eigenvalue weighted by Gasteiger charge is -2.35. The van der Waals surface area contributed by atoms with E-state index < -0.39 is 23.2 Å². The summed E-state index contributed by atoms with van der Waals surface area (Å²) < 4.78 is 8.36. The summed E-state index contributed by atoms with van der Waals surface area (Å²) in [6.45, 7) is 7.20. The topological polar surface area (TPSA) is 133 Å². The van der Waals surface area contributed by atoms with Gasteiger partial charge < -0.3 is 19.5 Å². The van der Waals surface area contributed by atoms with Crippen molar-refractivity contribution in [3.8, 4) is 11.1 Å². The molecule has 3 heterocycles. The number of aromatic nitrogens is 3. The second kappa shape index (κ2) is 12.5. The molecule has 1 atom stereocenters. The van der Waals surface area contributed by atoms with E-state index in [0.29, 0.717) is 59.9 Å². The zero-order valence-corrected chi connectivity index (χ0v) is 28.0. The predicted molar refractivity (Wildman–Crippen MR) is 182 cm³/mol. The second-order valence-corrected chi connectivity index (χ2v) is 13.9. The molecule has 2 amide bonds. The van der Waals surface area contributed by atoms with Crippen molar-refractivity contribution in [2.75, 3.05) is 11.9 Å². The van der Waals surface area contributed by atoms with Crippen molar-refractivity contribution in [1.29, 1.82) is 0 Å². The van der Waals surface area contributed by atoms with Crippen LogP contribution in [-0.4, -0.2) is 61.1 Å². The van der Waals surface area contributed by atoms with Gasteiger partial charge in [0.1, 0.15) is 11.6 Å². The van der Waals surface area contributed by atoms with Crippen LogP contribution in [0.25, 0.3) is 22.0 Å². The molecule has 11 heteroatoms. The molecule has 6 rings (SSSR count). The summed E-state index contributed by atoms with van der Waals surface area (Å²) in [5, 5.41) is 7.82. The van der Waals surface area contributed by atoms with Gasteiger partial charge in [0.25, 0.3) is 0 Å². The normalized spacial score (nSPS) is 17.4. The molecule has 1 saturated heterocycles. The molecule has 1 saturated carbocycles. The molecule has 1 N–H and O–H groups in total. The highest BCUT2D eigenvalue weighted by Gasteiger charge is 2.48. The van der Waals surface area contributed by atoms with Crippen molar-refractivity contribution in [1.82, 2.24) is 19.2 Å². The summed E-state index contributed by atoms with van der Waals surface area (Å²) in [5.41, 5.74) is 1.29. The minimum atomic E-state index is -0.776. The fourth-order valence-electron chi connectivity index (χ4n) is 7.12. The van der Waals surface area contributed by atoms with E-state index in [1.54, 1.807) is 61.7 Å². The van der Waals surface area contributed by atoms with E-state index in [1.165, 1.54) is 24.0 Å². The average molecular weight is 652 g/mol. The number of hydrogen-bond acceptors (Lipinski definition) is 7. The van der Waals surface area contributed by atoms with Gasteiger partial charge in [-0.2, -0.15) is 9.78 Å². The van der Waals surface area contributed by atoms with E-state index in [0.717, 1.165) is 18.4 Å². The number of nitrogens with one attached hydrogen (secondary N) is 1. The Labute approximate surface area is 278 Å². The molecule has 0 radical (unpaired) electrons. The van der Waals surface area contributed by atoms with E-state index in [4.69, 9.17) is 4.74 Å². The van der Waals surface area contributed by atoms with Crippen molar-refractivity contribution in [2.45, 2.75) is 83.3 Å². The van der Waals surface area contributed by atoms with E-state index >= 15 is 0 Å². The van der Waals surface area contributed by atoms with Crippen LogP contribution in [0.5, 0.6) is 0 Å². The molecule has 48 heavy (non-hydrogen) atoms. The summed E-state index contributed by atoms with van der Waals surface area (Å²) in [6, 6.07) is 12.1. The molecular weight excluding hydrogens is 610 g/mol. The number of nitrogens with zero attached hydrogens (tertiary/aromatic N) is 4. The maximum absolute atomic E-state index is 14.5. The van der Waals surface area contributed by atoms with Crippen LogP contribution in [0.3, 0.4) is 0 Å². The third kappa shape index (κ3) is 6.05. The quantitative estimate of drug-likeness (QED) is 0.260. The molecule has 2 fully saturated rings. The monoisotopic (exact) mass is 651 g/mol. The van der Waals surface area contributed by atoms with Crippen molar-refractivity contribution in [3.63, 3.8) is 0 Å². The van der Waals surface area contributed by atoms with Crippen LogP contribution < -0.4 is 10.7 Å². The van der Waals surface area contributed by atoms with Crippen LogP contribution in [0.1, 0.15) is 82.1 Å². The van der Waals surface area contributed by atoms with E-state index in [-0.39, 0.29) is 28.6 Å². The van der Waals surface area contributed by atoms with E-state index in [9.17, 15) is 24.0 Å². The molecular formula is C37H41N5O6. The summed E-state index contributed by atoms with van der Waals surface area (Å²) in [5.74, 6) is -0.639. The largest absolute Gasteiger partial charge is 0.442 e. The van der Waals surface area contributed by atoms with Crippen molar-refractivity contribution >= 4 is 40.3 Å². The van der Waals surface area contributed by atoms with Gasteiger partial charge in [-0.3, -0.25) is 19.2 Å². The molecule has 0 unspecified atom stereocenters. The maximum atomic E-state index is 14.5. The number of amides is 2. The summed E-state index contributed by atoms with van der Waals surface area (Å²) in [6.07, 6.45) is 8.51. The van der Waals surface area contributed by atoms with Gasteiger partial charge in [-0.15, -0.1) is 0 Å². The number of aryl methyl sites for hydroxylation is 1. The Balaban J connectivity index is 1.25. The highest BCUT2D eigenvalue weighted by molar-refractivity contribution is 6.05. The SMILES string of the molecule is CC(=O)c1cn(C)cc(-c2ccc(C3(C(=O)N4CCC[C@@H]4C(=O)Nc4cccc5c4cnn5C(=O)OC(C)(C)C)CCCC3)cc2)c1=O. The lowest BCUT2D eigenvalue weighted by Crippen LogP contribution is -2.51. The number of ether oxygens (including phenoxy) is 1. The predicted octanol–water partition coefficient (Wildman–Crippen LogP) is 5.83. The Morgan fingerprint density at radius 3 is 2.35 bits per heavy atom. The second-order valence-electron chi connectivity index (χ2n) is 13.9. The van der Waals surface area contributed by atoms with Gasteiger partial charge in [0, 0.05) is 36.9 Å². The Morgan fingerprint density at radius 1 is 0.979 bits per heavy atom. The molecule has 1 aliphatic carbocycles. The van der Waals surface area contributed by atoms with Gasteiger partial charge in [0.05, 0.1) is 28.4 Å². The molecule has 1 aliphatic heterocycles. The van der Waals surface area contributed by atoms with Gasteiger partial charge in [-0.05, 0) is 76.6 Å². The van der Waals surface area contributed by atoms with Crippen LogP contribution >= 0.6 is 0 Å². The van der Waals surface area contributed by atoms with E-state index in [2.05, 4.69) is 10.4 Å². The number of carbonyl (C=O) groups is 4. The number of rotatable bonds is 6. The molecule has 250 valence electrons.